The van der Waals surface area contributed by atoms with Gasteiger partial charge in [-0.3, -0.25) is 4.79 Å². The van der Waals surface area contributed by atoms with Gasteiger partial charge in [-0.1, -0.05) is 6.07 Å². The molecule has 1 aromatic rings. The van der Waals surface area contributed by atoms with E-state index in [0.29, 0.717) is 6.07 Å². The third kappa shape index (κ3) is 4.68. The average Bonchev–Trinajstić information content (AvgIpc) is 2.19. The van der Waals surface area contributed by atoms with Gasteiger partial charge in [-0.2, -0.15) is 13.2 Å². The lowest BCUT2D eigenvalue weighted by Crippen LogP contribution is -2.30. The summed E-state index contributed by atoms with van der Waals surface area (Å²) in [5.41, 5.74) is -0.254. The van der Waals surface area contributed by atoms with Gasteiger partial charge in [0, 0.05) is 11.8 Å². The first-order chi connectivity index (χ1) is 8.49. The van der Waals surface area contributed by atoms with Crippen molar-refractivity contribution < 1.29 is 35.9 Å². The largest absolute Gasteiger partial charge is 0.573 e. The zero-order valence-electron chi connectivity index (χ0n) is 9.32. The number of nitrogens with one attached hydrogen (secondary N) is 1. The topological polar surface area (TPSA) is 38.3 Å². The highest BCUT2D eigenvalue weighted by Gasteiger charge is 2.39. The molecule has 1 rings (SSSR count). The predicted octanol–water partition coefficient (Wildman–Crippen LogP) is 3.39. The van der Waals surface area contributed by atoms with Crippen LogP contribution in [0.3, 0.4) is 0 Å². The molecular weight excluding hydrogens is 280 g/mol. The Morgan fingerprint density at radius 1 is 1.16 bits per heavy atom. The minimum Gasteiger partial charge on any atom is -0.406 e. The van der Waals surface area contributed by atoms with Crippen molar-refractivity contribution in [3.8, 4) is 5.75 Å². The molecule has 0 saturated heterocycles. The molecule has 19 heavy (non-hydrogen) atoms. The summed E-state index contributed by atoms with van der Waals surface area (Å²) in [7, 11) is 0. The van der Waals surface area contributed by atoms with Crippen LogP contribution in [0.5, 0.6) is 5.75 Å². The Morgan fingerprint density at radius 3 is 2.21 bits per heavy atom. The van der Waals surface area contributed by atoms with Crippen LogP contribution in [0.1, 0.15) is 5.56 Å². The molecular formula is C10H7F6NO2. The number of carbonyl (C=O) groups excluding carboxylic acids is 1. The van der Waals surface area contributed by atoms with Crippen LogP contribution in [0.15, 0.2) is 18.2 Å². The van der Waals surface area contributed by atoms with E-state index in [2.05, 4.69) is 4.74 Å². The smallest absolute Gasteiger partial charge is 0.406 e. The van der Waals surface area contributed by atoms with Crippen LogP contribution < -0.4 is 10.1 Å². The Balaban J connectivity index is 2.95. The van der Waals surface area contributed by atoms with E-state index in [0.717, 1.165) is 12.1 Å². The highest BCUT2D eigenvalue weighted by molar-refractivity contribution is 5.95. The molecule has 1 N–H and O–H groups in total. The maximum Gasteiger partial charge on any atom is 0.573 e. The average molecular weight is 287 g/mol. The molecule has 0 unspecified atom stereocenters. The monoisotopic (exact) mass is 287 g/mol. The normalized spacial score (nSPS) is 12.2. The van der Waals surface area contributed by atoms with E-state index in [-0.39, 0.29) is 5.56 Å². The molecule has 0 aliphatic heterocycles. The van der Waals surface area contributed by atoms with Gasteiger partial charge >= 0.3 is 18.4 Å². The Morgan fingerprint density at radius 2 is 1.74 bits per heavy atom. The van der Waals surface area contributed by atoms with Gasteiger partial charge in [0.25, 0.3) is 0 Å². The number of hydrogen-bond donors (Lipinski definition) is 1. The fourth-order valence-corrected chi connectivity index (χ4v) is 1.13. The quantitative estimate of drug-likeness (QED) is 0.847. The van der Waals surface area contributed by atoms with Gasteiger partial charge in [0.1, 0.15) is 5.75 Å². The first-order valence-electron chi connectivity index (χ1n) is 4.73. The maximum absolute atomic E-state index is 12.0. The van der Waals surface area contributed by atoms with Gasteiger partial charge in [-0.25, -0.2) is 0 Å². The minimum absolute atomic E-state index is 0.159. The number of amides is 1. The van der Waals surface area contributed by atoms with Gasteiger partial charge in [-0.15, -0.1) is 13.2 Å². The zero-order chi connectivity index (χ0) is 14.8. The van der Waals surface area contributed by atoms with Crippen LogP contribution in [0.25, 0.3) is 0 Å². The van der Waals surface area contributed by atoms with E-state index in [9.17, 15) is 31.1 Å². The number of hydrogen-bond acceptors (Lipinski definition) is 2. The number of anilines is 1. The van der Waals surface area contributed by atoms with E-state index < -0.39 is 29.9 Å². The third-order valence-corrected chi connectivity index (χ3v) is 1.95. The molecule has 0 aromatic heterocycles. The summed E-state index contributed by atoms with van der Waals surface area (Å²) in [6, 6.07) is 2.67. The molecule has 0 spiro atoms. The van der Waals surface area contributed by atoms with E-state index in [1.807, 2.05) is 0 Å². The Labute approximate surface area is 103 Å². The Bertz CT molecular complexity index is 480. The number of ether oxygens (including phenoxy) is 1. The first kappa shape index (κ1) is 15.1. The highest BCUT2D eigenvalue weighted by Crippen LogP contribution is 2.28. The lowest BCUT2D eigenvalue weighted by molar-refractivity contribution is -0.274. The molecule has 9 heteroatoms. The van der Waals surface area contributed by atoms with E-state index in [1.54, 1.807) is 0 Å². The van der Waals surface area contributed by atoms with E-state index >= 15 is 0 Å². The number of benzene rings is 1. The van der Waals surface area contributed by atoms with Crippen molar-refractivity contribution in [2.24, 2.45) is 0 Å². The second-order valence-electron chi connectivity index (χ2n) is 3.48. The minimum atomic E-state index is -5.13. The molecule has 0 fully saturated rings. The second-order valence-corrected chi connectivity index (χ2v) is 3.48. The maximum atomic E-state index is 12.0. The van der Waals surface area contributed by atoms with Crippen molar-refractivity contribution in [3.63, 3.8) is 0 Å². The fraction of sp³-hybridized carbons (Fsp3) is 0.300. The van der Waals surface area contributed by atoms with Crippen molar-refractivity contribution in [1.29, 1.82) is 0 Å². The van der Waals surface area contributed by atoms with Crippen molar-refractivity contribution >= 4 is 11.6 Å². The number of halogens is 6. The zero-order valence-corrected chi connectivity index (χ0v) is 9.32. The highest BCUT2D eigenvalue weighted by atomic mass is 19.4. The van der Waals surface area contributed by atoms with E-state index in [4.69, 9.17) is 0 Å². The predicted molar refractivity (Wildman–Crippen MR) is 52.5 cm³/mol. The van der Waals surface area contributed by atoms with E-state index in [1.165, 1.54) is 12.2 Å². The molecule has 1 amide bonds. The van der Waals surface area contributed by atoms with Crippen molar-refractivity contribution in [1.82, 2.24) is 0 Å². The van der Waals surface area contributed by atoms with Crippen molar-refractivity contribution in [3.05, 3.63) is 23.8 Å². The molecule has 3 nitrogen and oxygen atoms in total. The summed E-state index contributed by atoms with van der Waals surface area (Å²) in [5, 5.41) is 1.47. The van der Waals surface area contributed by atoms with Crippen molar-refractivity contribution in [2.45, 2.75) is 19.5 Å². The van der Waals surface area contributed by atoms with Gasteiger partial charge < -0.3 is 10.1 Å². The summed E-state index contributed by atoms with van der Waals surface area (Å²) in [6.07, 6.45) is -10.1. The number of carbonyl (C=O) groups is 1. The van der Waals surface area contributed by atoms with Crippen LogP contribution in [0, 0.1) is 6.92 Å². The van der Waals surface area contributed by atoms with Crippen LogP contribution in [-0.2, 0) is 4.79 Å². The molecule has 0 saturated carbocycles. The standard InChI is InChI=1S/C10H7F6NO2/c1-5-2-3-6(19-10(14,15)16)4-7(5)17-8(18)9(11,12)13/h2-4H,1H3,(H,17,18). The van der Waals surface area contributed by atoms with Crippen LogP contribution in [-0.4, -0.2) is 18.4 Å². The fourth-order valence-electron chi connectivity index (χ4n) is 1.13. The first-order valence-corrected chi connectivity index (χ1v) is 4.73. The number of rotatable bonds is 2. The van der Waals surface area contributed by atoms with Crippen LogP contribution >= 0.6 is 0 Å². The molecule has 0 bridgehead atoms. The molecule has 0 radical (unpaired) electrons. The molecule has 0 aliphatic carbocycles. The molecule has 106 valence electrons. The van der Waals surface area contributed by atoms with Crippen LogP contribution in [0.2, 0.25) is 0 Å². The van der Waals surface area contributed by atoms with Gasteiger partial charge in [0.2, 0.25) is 0 Å². The van der Waals surface area contributed by atoms with Gasteiger partial charge in [0.15, 0.2) is 0 Å². The second kappa shape index (κ2) is 4.98. The summed E-state index contributed by atoms with van der Waals surface area (Å²) in [4.78, 5) is 10.7. The SMILES string of the molecule is Cc1ccc(OC(F)(F)F)cc1NC(=O)C(F)(F)F. The summed E-state index contributed by atoms with van der Waals surface area (Å²) < 4.78 is 75.4. The molecule has 0 atom stereocenters. The molecule has 0 aliphatic rings. The summed E-state index contributed by atoms with van der Waals surface area (Å²) in [5.74, 6) is -3.00. The van der Waals surface area contributed by atoms with Gasteiger partial charge in [0.05, 0.1) is 0 Å². The molecule has 1 aromatic carbocycles. The Kier molecular flexibility index (Phi) is 3.97. The lowest BCUT2D eigenvalue weighted by atomic mass is 10.2. The van der Waals surface area contributed by atoms with Gasteiger partial charge in [-0.05, 0) is 18.6 Å². The lowest BCUT2D eigenvalue weighted by Gasteiger charge is -2.13. The van der Waals surface area contributed by atoms with Crippen molar-refractivity contribution in [2.75, 3.05) is 5.32 Å². The third-order valence-electron chi connectivity index (χ3n) is 1.95. The Hall–Kier alpha value is -1.93. The van der Waals surface area contributed by atoms with Crippen LogP contribution in [0.4, 0.5) is 32.0 Å². The number of aryl methyl sites for hydroxylation is 1. The summed E-state index contributed by atoms with van der Waals surface area (Å²) >= 11 is 0. The molecule has 0 heterocycles. The number of alkyl halides is 6. The summed E-state index contributed by atoms with van der Waals surface area (Å²) in [6.45, 7) is 1.32.